The van der Waals surface area contributed by atoms with Gasteiger partial charge in [0.1, 0.15) is 60.3 Å². The Labute approximate surface area is 257 Å². The number of methoxy groups -OCH3 is 2. The number of fused-ring (bicyclic) bond motifs is 1. The van der Waals surface area contributed by atoms with Crippen molar-refractivity contribution in [1.82, 2.24) is 0 Å². The first-order valence-electron chi connectivity index (χ1n) is 14.2. The Bertz CT molecular complexity index is 1320. The molecule has 3 aliphatic rings. The molecule has 0 aromatic heterocycles. The van der Waals surface area contributed by atoms with Crippen LogP contribution in [0.15, 0.2) is 24.3 Å². The lowest BCUT2D eigenvalue weighted by Crippen LogP contribution is -2.60. The van der Waals surface area contributed by atoms with Crippen LogP contribution in [-0.2, 0) is 15.9 Å². The topological polar surface area (TPSA) is 247 Å². The van der Waals surface area contributed by atoms with Gasteiger partial charge in [-0.05, 0) is 24.1 Å². The molecule has 0 spiro atoms. The molecule has 0 amide bonds. The second kappa shape index (κ2) is 13.7. The summed E-state index contributed by atoms with van der Waals surface area (Å²) in [6.07, 6.45) is -15.6. The van der Waals surface area contributed by atoms with Crippen LogP contribution in [0.5, 0.6) is 34.5 Å². The van der Waals surface area contributed by atoms with E-state index in [1.54, 1.807) is 6.07 Å². The Balaban J connectivity index is 1.59. The molecule has 16 heteroatoms. The largest absolute Gasteiger partial charge is 0.508 e. The Morgan fingerprint density at radius 3 is 1.84 bits per heavy atom. The summed E-state index contributed by atoms with van der Waals surface area (Å²) in [6.45, 7) is -1.32. The molecular weight excluding hydrogens is 604 g/mol. The fourth-order valence-corrected chi connectivity index (χ4v) is 5.64. The molecule has 9 N–H and O–H groups in total. The van der Waals surface area contributed by atoms with Crippen LogP contribution in [0.3, 0.4) is 0 Å². The highest BCUT2D eigenvalue weighted by atomic mass is 16.7. The first-order valence-corrected chi connectivity index (χ1v) is 14.2. The van der Waals surface area contributed by atoms with Crippen molar-refractivity contribution in [2.24, 2.45) is 0 Å². The normalized spacial score (nSPS) is 34.8. The van der Waals surface area contributed by atoms with E-state index in [1.807, 2.05) is 0 Å². The number of aliphatic hydroxyl groups is 8. The molecule has 0 bridgehead atoms. The van der Waals surface area contributed by atoms with E-state index in [4.69, 9.17) is 33.2 Å². The number of hydrogen-bond donors (Lipinski definition) is 9. The number of phenols is 1. The summed E-state index contributed by atoms with van der Waals surface area (Å²) >= 11 is 0. The van der Waals surface area contributed by atoms with Crippen molar-refractivity contribution in [2.75, 3.05) is 34.0 Å². The molecule has 2 fully saturated rings. The van der Waals surface area contributed by atoms with Gasteiger partial charge in [0.25, 0.3) is 0 Å². The summed E-state index contributed by atoms with van der Waals surface area (Å²) in [5.41, 5.74) is 1.07. The minimum Gasteiger partial charge on any atom is -0.508 e. The van der Waals surface area contributed by atoms with Crippen molar-refractivity contribution < 1.29 is 79.1 Å². The maximum Gasteiger partial charge on any atom is 0.229 e. The lowest BCUT2D eigenvalue weighted by molar-refractivity contribution is -0.278. The number of aliphatic hydroxyl groups excluding tert-OH is 8. The van der Waals surface area contributed by atoms with Crippen molar-refractivity contribution in [3.8, 4) is 34.5 Å². The molecule has 0 aliphatic carbocycles. The second-order valence-corrected chi connectivity index (χ2v) is 11.0. The number of aromatic hydroxyl groups is 1. The molecule has 0 unspecified atom stereocenters. The van der Waals surface area contributed by atoms with Crippen LogP contribution < -0.4 is 23.7 Å². The van der Waals surface area contributed by atoms with Crippen LogP contribution in [0.1, 0.15) is 17.0 Å². The smallest absolute Gasteiger partial charge is 0.229 e. The Morgan fingerprint density at radius 1 is 0.711 bits per heavy atom. The summed E-state index contributed by atoms with van der Waals surface area (Å²) < 4.78 is 40.3. The van der Waals surface area contributed by atoms with Crippen LogP contribution in [0.4, 0.5) is 0 Å². The molecule has 3 heterocycles. The molecular formula is C29H38O16. The molecule has 5 rings (SSSR count). The molecule has 3 aliphatic heterocycles. The number of phenolic OH excluding ortho intramolecular Hbond substituents is 1. The van der Waals surface area contributed by atoms with E-state index in [-0.39, 0.29) is 35.4 Å². The minimum absolute atomic E-state index is 0.0140. The van der Waals surface area contributed by atoms with Gasteiger partial charge in [-0.1, -0.05) is 6.07 Å². The highest BCUT2D eigenvalue weighted by Gasteiger charge is 2.47. The van der Waals surface area contributed by atoms with Crippen LogP contribution in [0.2, 0.25) is 0 Å². The van der Waals surface area contributed by atoms with Crippen LogP contribution in [-0.4, -0.2) is 141 Å². The van der Waals surface area contributed by atoms with Crippen LogP contribution in [0, 0.1) is 0 Å². The van der Waals surface area contributed by atoms with Gasteiger partial charge in [-0.3, -0.25) is 0 Å². The molecule has 2 aromatic rings. The maximum atomic E-state index is 10.7. The predicted octanol–water partition coefficient (Wildman–Crippen LogP) is -2.51. The van der Waals surface area contributed by atoms with Gasteiger partial charge >= 0.3 is 0 Å². The first kappa shape index (κ1) is 33.2. The standard InChI is InChI=1S/C29H38O16/c1-39-26-16(42-28-23(37)21(35)19(33)17(8-30)43-28)7-14(12-5-11-3-4-13(32)6-15(11)41-10-12)25(27(26)40-2)45-29-24(38)22(36)20(34)18(9-31)44-29/h3-4,6-7,12,17-24,28-38H,5,8-10H2,1-2H3/t12-,17+,18-,19+,20+,21-,22-,23+,24-,28+,29-/m0/s1. The predicted molar refractivity (Wildman–Crippen MR) is 148 cm³/mol. The molecule has 2 saturated heterocycles. The molecule has 45 heavy (non-hydrogen) atoms. The Hall–Kier alpha value is -3.16. The fraction of sp³-hybridized carbons (Fsp3) is 0.586. The van der Waals surface area contributed by atoms with E-state index >= 15 is 0 Å². The van der Waals surface area contributed by atoms with Gasteiger partial charge in [-0.25, -0.2) is 0 Å². The summed E-state index contributed by atoms with van der Waals surface area (Å²) in [6, 6.07) is 6.11. The van der Waals surface area contributed by atoms with E-state index in [2.05, 4.69) is 0 Å². The summed E-state index contributed by atoms with van der Waals surface area (Å²) in [5, 5.41) is 91.7. The van der Waals surface area contributed by atoms with E-state index < -0.39 is 80.5 Å². The van der Waals surface area contributed by atoms with Gasteiger partial charge < -0.3 is 79.1 Å². The van der Waals surface area contributed by atoms with Crippen LogP contribution in [0.25, 0.3) is 0 Å². The molecule has 11 atom stereocenters. The van der Waals surface area contributed by atoms with Gasteiger partial charge in [0, 0.05) is 17.5 Å². The van der Waals surface area contributed by atoms with Crippen molar-refractivity contribution in [3.05, 3.63) is 35.4 Å². The maximum absolute atomic E-state index is 10.7. The third-order valence-corrected chi connectivity index (χ3v) is 8.16. The SMILES string of the molecule is COc1c(O[C@@H]2O[C@H](CO)[C@@H](O)[C@H](O)[C@H]2O)cc([C@@H]2COc3cc(O)ccc3C2)c(O[C@@H]2O[C@@H](CO)[C@@H](O)[C@H](O)[C@@H]2O)c1OC. The molecule has 0 saturated carbocycles. The van der Waals surface area contributed by atoms with E-state index in [9.17, 15) is 46.0 Å². The van der Waals surface area contributed by atoms with E-state index in [1.165, 1.54) is 32.4 Å². The lowest BCUT2D eigenvalue weighted by Gasteiger charge is -2.41. The highest BCUT2D eigenvalue weighted by Crippen LogP contribution is 2.51. The zero-order valence-electron chi connectivity index (χ0n) is 24.4. The third kappa shape index (κ3) is 6.31. The summed E-state index contributed by atoms with van der Waals surface area (Å²) in [7, 11) is 2.57. The molecule has 0 radical (unpaired) electrons. The number of benzene rings is 2. The fourth-order valence-electron chi connectivity index (χ4n) is 5.64. The van der Waals surface area contributed by atoms with Gasteiger partial charge in [-0.2, -0.15) is 0 Å². The summed E-state index contributed by atoms with van der Waals surface area (Å²) in [4.78, 5) is 0. The van der Waals surface area contributed by atoms with Gasteiger partial charge in [0.05, 0.1) is 34.0 Å². The lowest BCUT2D eigenvalue weighted by atomic mass is 9.89. The van der Waals surface area contributed by atoms with Crippen LogP contribution >= 0.6 is 0 Å². The molecule has 2 aromatic carbocycles. The van der Waals surface area contributed by atoms with Gasteiger partial charge in [0.15, 0.2) is 11.5 Å². The van der Waals surface area contributed by atoms with Crippen molar-refractivity contribution in [3.63, 3.8) is 0 Å². The average molecular weight is 643 g/mol. The zero-order valence-corrected chi connectivity index (χ0v) is 24.4. The number of rotatable bonds is 9. The Morgan fingerprint density at radius 2 is 1.29 bits per heavy atom. The quantitative estimate of drug-likeness (QED) is 0.137. The average Bonchev–Trinajstić information content (AvgIpc) is 3.04. The molecule has 250 valence electrons. The highest BCUT2D eigenvalue weighted by molar-refractivity contribution is 5.64. The van der Waals surface area contributed by atoms with Crippen molar-refractivity contribution in [2.45, 2.75) is 73.8 Å². The zero-order chi connectivity index (χ0) is 32.6. The number of hydrogen-bond acceptors (Lipinski definition) is 16. The number of ether oxygens (including phenoxy) is 7. The third-order valence-electron chi connectivity index (χ3n) is 8.16. The second-order valence-electron chi connectivity index (χ2n) is 11.0. The minimum atomic E-state index is -1.76. The van der Waals surface area contributed by atoms with Crippen molar-refractivity contribution >= 4 is 0 Å². The van der Waals surface area contributed by atoms with Gasteiger partial charge in [0.2, 0.25) is 24.1 Å². The first-order chi connectivity index (χ1) is 21.5. The van der Waals surface area contributed by atoms with Gasteiger partial charge in [-0.15, -0.1) is 0 Å². The molecule has 16 nitrogen and oxygen atoms in total. The van der Waals surface area contributed by atoms with Crippen molar-refractivity contribution in [1.29, 1.82) is 0 Å². The van der Waals surface area contributed by atoms with E-state index in [0.717, 1.165) is 5.56 Å². The Kier molecular flexibility index (Phi) is 10.1. The summed E-state index contributed by atoms with van der Waals surface area (Å²) in [5.74, 6) is -0.357. The monoisotopic (exact) mass is 642 g/mol. The van der Waals surface area contributed by atoms with E-state index in [0.29, 0.717) is 17.7 Å².